The van der Waals surface area contributed by atoms with Gasteiger partial charge in [0.15, 0.2) is 5.65 Å². The van der Waals surface area contributed by atoms with Crippen molar-refractivity contribution >= 4 is 28.9 Å². The zero-order valence-corrected chi connectivity index (χ0v) is 14.3. The second-order valence-corrected chi connectivity index (χ2v) is 6.57. The molecule has 26 heavy (non-hydrogen) atoms. The number of rotatable bonds is 2. The molecule has 2 aromatic heterocycles. The maximum Gasteiger partial charge on any atom is 0.407 e. The number of pyridine rings is 1. The molecule has 1 fully saturated rings. The van der Waals surface area contributed by atoms with Crippen molar-refractivity contribution in [2.24, 2.45) is 0 Å². The number of halogens is 1. The minimum atomic E-state index is -1.01. The second-order valence-electron chi connectivity index (χ2n) is 6.14. The van der Waals surface area contributed by atoms with Gasteiger partial charge in [-0.15, -0.1) is 0 Å². The Morgan fingerprint density at radius 1 is 1.31 bits per heavy atom. The van der Waals surface area contributed by atoms with E-state index in [-0.39, 0.29) is 24.0 Å². The van der Waals surface area contributed by atoms with Gasteiger partial charge in [0.2, 0.25) is 0 Å². The second kappa shape index (κ2) is 6.06. The maximum atomic E-state index is 13.2. The highest BCUT2D eigenvalue weighted by atomic mass is 35.5. The van der Waals surface area contributed by atoms with Crippen molar-refractivity contribution in [3.63, 3.8) is 0 Å². The van der Waals surface area contributed by atoms with Gasteiger partial charge in [0.25, 0.3) is 0 Å². The van der Waals surface area contributed by atoms with E-state index in [9.17, 15) is 19.8 Å². The molecule has 3 aromatic rings. The Bertz CT molecular complexity index is 1070. The fourth-order valence-electron chi connectivity index (χ4n) is 3.42. The molecular weight excluding hydrogens is 360 g/mol. The maximum absolute atomic E-state index is 13.2. The molecule has 9 heteroatoms. The quantitative estimate of drug-likeness (QED) is 0.717. The lowest BCUT2D eigenvalue weighted by atomic mass is 10.2. The number of carboxylic acid groups (broad SMARTS) is 1. The lowest BCUT2D eigenvalue weighted by Crippen LogP contribution is -2.31. The van der Waals surface area contributed by atoms with E-state index in [0.29, 0.717) is 34.8 Å². The van der Waals surface area contributed by atoms with Crippen LogP contribution >= 0.6 is 11.6 Å². The van der Waals surface area contributed by atoms with Crippen molar-refractivity contribution < 1.29 is 15.0 Å². The van der Waals surface area contributed by atoms with Gasteiger partial charge < -0.3 is 15.1 Å². The molecule has 2 N–H and O–H groups in total. The summed E-state index contributed by atoms with van der Waals surface area (Å²) < 4.78 is 2.88. The predicted octanol–water partition coefficient (Wildman–Crippen LogP) is 2.47. The van der Waals surface area contributed by atoms with Gasteiger partial charge in [-0.1, -0.05) is 11.6 Å². The van der Waals surface area contributed by atoms with E-state index in [4.69, 9.17) is 11.6 Å². The van der Waals surface area contributed by atoms with Crippen molar-refractivity contribution in [1.82, 2.24) is 19.0 Å². The molecule has 3 heterocycles. The largest absolute Gasteiger partial charge is 0.506 e. The zero-order valence-electron chi connectivity index (χ0n) is 13.5. The van der Waals surface area contributed by atoms with Crippen molar-refractivity contribution in [2.75, 3.05) is 13.1 Å². The van der Waals surface area contributed by atoms with E-state index in [2.05, 4.69) is 4.98 Å². The molecule has 8 nitrogen and oxygen atoms in total. The number of benzene rings is 1. The Kier molecular flexibility index (Phi) is 3.84. The molecule has 1 aliphatic heterocycles. The predicted molar refractivity (Wildman–Crippen MR) is 95.3 cm³/mol. The van der Waals surface area contributed by atoms with Crippen molar-refractivity contribution in [2.45, 2.75) is 12.5 Å². The first-order valence-electron chi connectivity index (χ1n) is 8.02. The minimum absolute atomic E-state index is 0.124. The molecule has 0 aliphatic carbocycles. The number of amides is 1. The van der Waals surface area contributed by atoms with Gasteiger partial charge >= 0.3 is 11.8 Å². The van der Waals surface area contributed by atoms with Crippen LogP contribution in [-0.2, 0) is 0 Å². The number of phenolic OH excluding ortho intramolecular Hbond substituents is 1. The highest BCUT2D eigenvalue weighted by molar-refractivity contribution is 6.30. The Labute approximate surface area is 152 Å². The van der Waals surface area contributed by atoms with Crippen LogP contribution in [0.1, 0.15) is 12.5 Å². The average molecular weight is 375 g/mol. The van der Waals surface area contributed by atoms with Gasteiger partial charge in [-0.25, -0.2) is 14.6 Å². The van der Waals surface area contributed by atoms with Gasteiger partial charge in [-0.05, 0) is 30.7 Å². The molecular formula is C17H15ClN4O4. The lowest BCUT2D eigenvalue weighted by Gasteiger charge is -2.13. The van der Waals surface area contributed by atoms with E-state index in [1.165, 1.54) is 20.1 Å². The molecule has 0 radical (unpaired) electrons. The number of carbonyl (C=O) groups is 1. The molecule has 1 atom stereocenters. The first-order chi connectivity index (χ1) is 12.5. The molecule has 1 amide bonds. The lowest BCUT2D eigenvalue weighted by molar-refractivity contribution is 0.154. The summed E-state index contributed by atoms with van der Waals surface area (Å²) in [6.07, 6.45) is 1.09. The molecule has 0 bridgehead atoms. The first kappa shape index (κ1) is 16.5. The summed E-state index contributed by atoms with van der Waals surface area (Å²) in [7, 11) is 0. The molecule has 134 valence electrons. The Hall–Kier alpha value is -3.00. The summed E-state index contributed by atoms with van der Waals surface area (Å²) in [4.78, 5) is 30.0. The Morgan fingerprint density at radius 3 is 2.81 bits per heavy atom. The summed E-state index contributed by atoms with van der Waals surface area (Å²) in [5.74, 6) is -0.124. The van der Waals surface area contributed by atoms with Crippen molar-refractivity contribution in [3.05, 3.63) is 52.0 Å². The van der Waals surface area contributed by atoms with E-state index >= 15 is 0 Å². The van der Waals surface area contributed by atoms with E-state index in [1.54, 1.807) is 30.5 Å². The molecule has 1 aliphatic rings. The van der Waals surface area contributed by atoms with Crippen LogP contribution in [0, 0.1) is 0 Å². The van der Waals surface area contributed by atoms with E-state index in [1.807, 2.05) is 0 Å². The normalized spacial score (nSPS) is 17.1. The van der Waals surface area contributed by atoms with Crippen LogP contribution < -0.4 is 5.69 Å². The topological polar surface area (TPSA) is 101 Å². The van der Waals surface area contributed by atoms with E-state index in [0.717, 1.165) is 0 Å². The Balaban J connectivity index is 1.92. The van der Waals surface area contributed by atoms with Crippen LogP contribution in [-0.4, -0.2) is 48.4 Å². The summed E-state index contributed by atoms with van der Waals surface area (Å²) in [5, 5.41) is 19.8. The average Bonchev–Trinajstić information content (AvgIpc) is 3.18. The third-order valence-corrected chi connectivity index (χ3v) is 4.85. The molecule has 0 saturated carbocycles. The summed E-state index contributed by atoms with van der Waals surface area (Å²) in [6.45, 7) is 0.579. The molecule has 4 rings (SSSR count). The van der Waals surface area contributed by atoms with Gasteiger partial charge in [-0.2, -0.15) is 0 Å². The first-order valence-corrected chi connectivity index (χ1v) is 8.40. The third kappa shape index (κ3) is 2.50. The number of fused-ring (bicyclic) bond motifs is 1. The highest BCUT2D eigenvalue weighted by Gasteiger charge is 2.31. The number of hydrogen-bond acceptors (Lipinski definition) is 4. The number of phenols is 1. The van der Waals surface area contributed by atoms with Crippen molar-refractivity contribution in [3.8, 4) is 11.4 Å². The summed E-state index contributed by atoms with van der Waals surface area (Å²) in [5.41, 5.74) is 0.894. The number of hydrogen-bond donors (Lipinski definition) is 2. The summed E-state index contributed by atoms with van der Waals surface area (Å²) >= 11 is 5.89. The number of likely N-dealkylation sites (tertiary alicyclic amines) is 1. The van der Waals surface area contributed by atoms with Crippen LogP contribution in [0.5, 0.6) is 5.75 Å². The van der Waals surface area contributed by atoms with Gasteiger partial charge in [0.05, 0.1) is 17.2 Å². The van der Waals surface area contributed by atoms with Gasteiger partial charge in [0, 0.05) is 30.4 Å². The standard InChI is InChI=1S/C17H15ClN4O4/c18-10-3-4-12(14(23)8-10)22-13-2-1-6-19-15(13)21(16(22)24)11-5-7-20(9-11)17(25)26/h1-4,6,8,11,23H,5,7,9H2,(H,25,26). The van der Waals surface area contributed by atoms with Crippen LogP contribution in [0.15, 0.2) is 41.3 Å². The number of nitrogens with zero attached hydrogens (tertiary/aromatic N) is 4. The number of aromatic hydroxyl groups is 1. The van der Waals surface area contributed by atoms with Crippen LogP contribution in [0.4, 0.5) is 4.79 Å². The number of aromatic nitrogens is 3. The number of imidazole rings is 1. The van der Waals surface area contributed by atoms with Crippen LogP contribution in [0.3, 0.4) is 0 Å². The molecule has 1 saturated heterocycles. The SMILES string of the molecule is O=C(O)N1CCC(n2c(=O)n(-c3ccc(Cl)cc3O)c3cccnc32)C1. The third-order valence-electron chi connectivity index (χ3n) is 4.61. The smallest absolute Gasteiger partial charge is 0.407 e. The minimum Gasteiger partial charge on any atom is -0.506 e. The summed E-state index contributed by atoms with van der Waals surface area (Å²) in [6, 6.07) is 7.64. The van der Waals surface area contributed by atoms with Crippen LogP contribution in [0.2, 0.25) is 5.02 Å². The van der Waals surface area contributed by atoms with Gasteiger partial charge in [0.1, 0.15) is 5.75 Å². The van der Waals surface area contributed by atoms with Crippen molar-refractivity contribution in [1.29, 1.82) is 0 Å². The monoisotopic (exact) mass is 374 g/mol. The zero-order chi connectivity index (χ0) is 18.4. The molecule has 1 unspecified atom stereocenters. The Morgan fingerprint density at radius 2 is 2.12 bits per heavy atom. The van der Waals surface area contributed by atoms with E-state index < -0.39 is 6.09 Å². The fourth-order valence-corrected chi connectivity index (χ4v) is 3.59. The molecule has 0 spiro atoms. The van der Waals surface area contributed by atoms with Crippen LogP contribution in [0.25, 0.3) is 16.9 Å². The van der Waals surface area contributed by atoms with Gasteiger partial charge in [-0.3, -0.25) is 9.13 Å². The highest BCUT2D eigenvalue weighted by Crippen LogP contribution is 2.29. The molecule has 1 aromatic carbocycles. The fraction of sp³-hybridized carbons (Fsp3) is 0.235.